The summed E-state index contributed by atoms with van der Waals surface area (Å²) in [5.74, 6) is 0. The first-order chi connectivity index (χ1) is 62.9. The third-order valence-corrected chi connectivity index (χ3v) is 104. The van der Waals surface area contributed by atoms with E-state index in [1.165, 1.54) is 0 Å². The van der Waals surface area contributed by atoms with Gasteiger partial charge in [-0.25, -0.2) is 0 Å². The standard InChI is InChI=1S/2C42H77O12Si7.C6H18NSi2.4Li.Yb/c2*43-55(36-22-8-1-9-23-36)46-58(39-28-14-4-15-29-39)48-56(44,37-24-10-2-11-25-37)50-60(41-32-18-6-19-33-41)51-57(45,38-26-12-3-13-27-38)49-59(47-55,40-30-16-5-17-31-40)53-61(52-58,54-60)42-34-20-7-21-35-42;1-8(2,3)7-9(4,5)6;;;;;/h2*36-42H,1-35H2;1-6H3;;;;;/q2*-3;-1;4*+1;+3. The van der Waals surface area contributed by atoms with E-state index in [-0.39, 0.29) is 167 Å². The van der Waals surface area contributed by atoms with Crippen LogP contribution < -0.4 is 104 Å². The van der Waals surface area contributed by atoms with E-state index in [0.717, 1.165) is 372 Å². The molecule has 763 valence electrons. The molecule has 6 heterocycles. The van der Waals surface area contributed by atoms with Gasteiger partial charge in [-0.2, -0.15) is 0 Å². The van der Waals surface area contributed by atoms with Crippen LogP contribution in [0.15, 0.2) is 0 Å². The van der Waals surface area contributed by atoms with Gasteiger partial charge < -0.3 is 107 Å². The summed E-state index contributed by atoms with van der Waals surface area (Å²) in [6.07, 6.45) is 62.6. The maximum Gasteiger partial charge on any atom is 3.00 e. The normalized spacial score (nSPS) is 41.9. The van der Waals surface area contributed by atoms with Crippen LogP contribution in [0.1, 0.15) is 449 Å². The molecular weight excluding hydrogens is 2130 g/mol. The van der Waals surface area contributed by atoms with E-state index in [4.69, 9.17) is 78.7 Å². The van der Waals surface area contributed by atoms with Crippen molar-refractivity contribution in [2.45, 2.75) is 566 Å². The smallest absolute Gasteiger partial charge is 0.817 e. The van der Waals surface area contributed by atoms with Crippen LogP contribution in [0.5, 0.6) is 0 Å². The van der Waals surface area contributed by atoms with E-state index in [1.54, 1.807) is 0 Å². The topological polar surface area (TPSA) is 319 Å². The third kappa shape index (κ3) is 27.2. The zero-order chi connectivity index (χ0) is 91.0. The molecule has 0 aromatic carbocycles. The van der Waals surface area contributed by atoms with Crippen LogP contribution in [-0.2, 0) is 74.1 Å². The Morgan fingerprint density at radius 3 is 0.309 bits per heavy atom. The molecule has 14 saturated carbocycles. The van der Waals surface area contributed by atoms with Crippen LogP contribution in [-0.4, -0.2) is 140 Å². The van der Waals surface area contributed by atoms with Gasteiger partial charge in [0.2, 0.25) is 52.8 Å². The minimum atomic E-state index is -4.68. The first kappa shape index (κ1) is 119. The van der Waals surface area contributed by atoms with Gasteiger partial charge >= 0.3 is 193 Å². The first-order valence-electron chi connectivity index (χ1n) is 55.5. The molecule has 1 radical (unpaired) electrons. The second kappa shape index (κ2) is 51.2. The molecule has 0 amide bonds. The molecule has 0 unspecified atom stereocenters. The van der Waals surface area contributed by atoms with Crippen LogP contribution in [0.2, 0.25) is 117 Å². The summed E-state index contributed by atoms with van der Waals surface area (Å²) >= 11 is 0. The van der Waals surface area contributed by atoms with E-state index in [0.29, 0.717) is 77.0 Å². The van der Waals surface area contributed by atoms with Crippen molar-refractivity contribution in [2.75, 3.05) is 0 Å². The molecule has 14 aliphatic carbocycles. The second-order valence-corrected chi connectivity index (χ2v) is 100. The molecule has 20 fully saturated rings. The Balaban J connectivity index is 0.000000204. The molecule has 8 bridgehead atoms. The summed E-state index contributed by atoms with van der Waals surface area (Å²) < 4.78 is 146. The Bertz CT molecular complexity index is 3050. The summed E-state index contributed by atoms with van der Waals surface area (Å²) in [7, 11) is -64.8. The Labute approximate surface area is 925 Å². The largest absolute Gasteiger partial charge is 3.00 e. The number of nitrogens with zero attached hydrogens (tertiary/aromatic N) is 1. The van der Waals surface area contributed by atoms with Gasteiger partial charge in [-0.05, 0) is 213 Å². The van der Waals surface area contributed by atoms with E-state index in [2.05, 4.69) is 39.3 Å². The van der Waals surface area contributed by atoms with Crippen molar-refractivity contribution in [2.24, 2.45) is 0 Å². The van der Waals surface area contributed by atoms with Gasteiger partial charge in [-0.15, -0.1) is 0 Å². The fourth-order valence-corrected chi connectivity index (χ4v) is 121. The molecule has 136 heavy (non-hydrogen) atoms. The minimum Gasteiger partial charge on any atom is -0.817 e. The zero-order valence-electron chi connectivity index (χ0n) is 86.1. The molecule has 6 saturated heterocycles. The van der Waals surface area contributed by atoms with Crippen molar-refractivity contribution in [3.05, 3.63) is 4.65 Å². The van der Waals surface area contributed by atoms with Crippen LogP contribution in [0, 0.1) is 46.9 Å². The molecule has 20 aliphatic rings. The van der Waals surface area contributed by atoms with Gasteiger partial charge in [-0.1, -0.05) is 325 Å². The predicted molar refractivity (Wildman–Crippen MR) is 526 cm³/mol. The van der Waals surface area contributed by atoms with Crippen molar-refractivity contribution >= 4 is 140 Å². The predicted octanol–water partition coefficient (Wildman–Crippen LogP) is 9.39. The van der Waals surface area contributed by atoms with Crippen LogP contribution in [0.3, 0.4) is 0 Å². The maximum atomic E-state index is 16.9. The monoisotopic (exact) mass is 2300 g/mol. The summed E-state index contributed by atoms with van der Waals surface area (Å²) in [4.78, 5) is 101. The first-order valence-corrected chi connectivity index (χ1v) is 87.6. The molecular formula is C90H172Li4NO24Si16Yb. The molecule has 20 rings (SSSR count). The maximum absolute atomic E-state index is 16.9. The van der Waals surface area contributed by atoms with Gasteiger partial charge in [0, 0.05) is 44.3 Å². The Morgan fingerprint density at radius 1 is 0.147 bits per heavy atom. The van der Waals surface area contributed by atoms with Gasteiger partial charge in [0.25, 0.3) is 0 Å². The molecule has 0 N–H and O–H groups in total. The minimum absolute atomic E-state index is 0. The molecule has 0 aromatic rings. The fourth-order valence-electron chi connectivity index (χ4n) is 28.6. The van der Waals surface area contributed by atoms with Crippen molar-refractivity contribution < 1.29 is 225 Å². The van der Waals surface area contributed by atoms with E-state index >= 15 is 28.8 Å². The van der Waals surface area contributed by atoms with Crippen molar-refractivity contribution in [1.29, 1.82) is 0 Å². The van der Waals surface area contributed by atoms with Gasteiger partial charge in [-0.3, -0.25) is 0 Å². The summed E-state index contributed by atoms with van der Waals surface area (Å²) in [5.41, 5.74) is -4.08. The number of hydrogen-bond acceptors (Lipinski definition) is 24. The number of rotatable bonds is 16. The molecule has 0 spiro atoms. The molecule has 0 atom stereocenters. The summed E-state index contributed by atoms with van der Waals surface area (Å²) in [6, 6.07) is 0. The van der Waals surface area contributed by atoms with Crippen molar-refractivity contribution in [3.63, 3.8) is 0 Å². The van der Waals surface area contributed by atoms with Crippen molar-refractivity contribution in [1.82, 2.24) is 0 Å². The molecule has 6 aliphatic heterocycles. The van der Waals surface area contributed by atoms with Crippen LogP contribution >= 0.6 is 0 Å². The van der Waals surface area contributed by atoms with Gasteiger partial charge in [0.05, 0.1) is 0 Å². The van der Waals surface area contributed by atoms with Crippen molar-refractivity contribution in [3.8, 4) is 0 Å². The third-order valence-electron chi connectivity index (χ3n) is 35.3. The number of fused-ring (bicyclic) bond motifs is 6. The zero-order valence-corrected chi connectivity index (χ0v) is 104. The Hall–Kier alpha value is 6.38. The van der Waals surface area contributed by atoms with E-state index < -0.39 is 173 Å². The Kier molecular flexibility index (Phi) is 44.9. The van der Waals surface area contributed by atoms with Gasteiger partial charge in [0.1, 0.15) is 0 Å². The van der Waals surface area contributed by atoms with Gasteiger partial charge in [0.15, 0.2) is 0 Å². The van der Waals surface area contributed by atoms with Crippen LogP contribution in [0.25, 0.3) is 4.65 Å². The summed E-state index contributed by atoms with van der Waals surface area (Å²) in [5, 5.41) is 0. The van der Waals surface area contributed by atoms with Crippen LogP contribution in [0.4, 0.5) is 0 Å². The van der Waals surface area contributed by atoms with E-state index in [1.807, 2.05) is 0 Å². The Morgan fingerprint density at radius 2 is 0.228 bits per heavy atom. The second-order valence-electron chi connectivity index (χ2n) is 47.4. The average Bonchev–Trinajstić information content (AvgIpc) is 0.690. The molecule has 0 aromatic heterocycles. The average molecular weight is 2300 g/mol. The molecule has 46 heteroatoms. The number of hydrogen-bond donors (Lipinski definition) is 0. The van der Waals surface area contributed by atoms with E-state index in [9.17, 15) is 0 Å². The SMILES string of the molecule is C[Si](C)(C)[N-][Si](C)(C)C.[Li+].[Li+].[Li+].[Li+].[O-][Si]1(C2CCCCC2)O[Si]2(C3CCCCC3)O[Si]([O-])(C3CCCCC3)O[Si]3(C4CCCCC4)O[Si]([O-])(C4CCCCC4)O[Si](C4CCCCC4)(O1)O[Si](C1CCCCC1)(O2)O3.[O-][Si]1(C2CCCCC2)O[Si]2(C3CCCCC3)O[Si]([O-])(C3CCCCC3)O[Si]3(C4CCCCC4)O[Si]([O-])(C4CCCCC4)O[Si](C4CCCCC4)(O1)O[Si](C1CCCCC1)(O2)O3.[Yb+3]. The fraction of sp³-hybridized carbons (Fsp3) is 1.00. The summed E-state index contributed by atoms with van der Waals surface area (Å²) in [6.45, 7) is 13.8. The molecule has 25 nitrogen and oxygen atoms in total. The quantitative estimate of drug-likeness (QED) is 0.130.